The van der Waals surface area contributed by atoms with Crippen LogP contribution in [0.1, 0.15) is 25.7 Å². The van der Waals surface area contributed by atoms with Crippen molar-refractivity contribution in [2.24, 2.45) is 5.92 Å². The zero-order valence-electron chi connectivity index (χ0n) is 13.5. The second-order valence-corrected chi connectivity index (χ2v) is 7.73. The second-order valence-electron chi connectivity index (χ2n) is 5.74. The maximum atomic E-state index is 11.6. The maximum absolute atomic E-state index is 11.6. The number of ether oxygens (including phenoxy) is 2. The van der Waals surface area contributed by atoms with Gasteiger partial charge in [-0.05, 0) is 38.6 Å². The fraction of sp³-hybridized carbons (Fsp3) is 1.00. The monoisotopic (exact) mass is 322 g/mol. The van der Waals surface area contributed by atoms with Crippen molar-refractivity contribution in [1.82, 2.24) is 9.62 Å². The van der Waals surface area contributed by atoms with E-state index < -0.39 is 10.0 Å². The van der Waals surface area contributed by atoms with Crippen LogP contribution in [-0.4, -0.2) is 72.1 Å². The largest absolute Gasteiger partial charge is 0.382 e. The fourth-order valence-electron chi connectivity index (χ4n) is 2.77. The molecule has 0 spiro atoms. The van der Waals surface area contributed by atoms with Crippen molar-refractivity contribution in [3.8, 4) is 0 Å². The lowest BCUT2D eigenvalue weighted by molar-refractivity contribution is 0.0644. The maximum Gasteiger partial charge on any atom is 0.211 e. The van der Waals surface area contributed by atoms with Gasteiger partial charge in [-0.25, -0.2) is 12.7 Å². The number of piperidine rings is 1. The van der Waals surface area contributed by atoms with Gasteiger partial charge in [0.2, 0.25) is 10.0 Å². The van der Waals surface area contributed by atoms with E-state index in [2.05, 4.69) is 5.32 Å². The van der Waals surface area contributed by atoms with Crippen LogP contribution in [0.3, 0.4) is 0 Å². The van der Waals surface area contributed by atoms with Gasteiger partial charge in [-0.2, -0.15) is 0 Å². The summed E-state index contributed by atoms with van der Waals surface area (Å²) in [4.78, 5) is 0. The first kappa shape index (κ1) is 18.8. The summed E-state index contributed by atoms with van der Waals surface area (Å²) in [7, 11) is 0.564. The number of rotatable bonds is 10. The van der Waals surface area contributed by atoms with Gasteiger partial charge in [-0.3, -0.25) is 0 Å². The third-order valence-corrected chi connectivity index (χ3v) is 5.29. The lowest BCUT2D eigenvalue weighted by Crippen LogP contribution is -2.41. The molecule has 0 aromatic carbocycles. The molecule has 21 heavy (non-hydrogen) atoms. The Morgan fingerprint density at radius 3 is 2.71 bits per heavy atom. The van der Waals surface area contributed by atoms with Crippen molar-refractivity contribution in [3.63, 3.8) is 0 Å². The Balaban J connectivity index is 2.31. The molecule has 0 radical (unpaired) electrons. The normalized spacial score (nSPS) is 22.3. The smallest absolute Gasteiger partial charge is 0.211 e. The molecule has 2 atom stereocenters. The Hall–Kier alpha value is -0.210. The van der Waals surface area contributed by atoms with Crippen molar-refractivity contribution in [3.05, 3.63) is 0 Å². The first-order chi connectivity index (χ1) is 9.97. The molecule has 0 bridgehead atoms. The van der Waals surface area contributed by atoms with E-state index in [4.69, 9.17) is 9.47 Å². The van der Waals surface area contributed by atoms with Gasteiger partial charge in [0.15, 0.2) is 0 Å². The average Bonchev–Trinajstić information content (AvgIpc) is 2.45. The molecule has 0 saturated carbocycles. The van der Waals surface area contributed by atoms with Crippen LogP contribution in [0.5, 0.6) is 0 Å². The van der Waals surface area contributed by atoms with Gasteiger partial charge in [-0.15, -0.1) is 0 Å². The summed E-state index contributed by atoms with van der Waals surface area (Å²) in [5.74, 6) is 0.435. The lowest BCUT2D eigenvalue weighted by Gasteiger charge is -2.33. The molecule has 7 heteroatoms. The second kappa shape index (κ2) is 9.74. The van der Waals surface area contributed by atoms with Gasteiger partial charge < -0.3 is 14.8 Å². The van der Waals surface area contributed by atoms with Gasteiger partial charge >= 0.3 is 0 Å². The van der Waals surface area contributed by atoms with E-state index in [-0.39, 0.29) is 0 Å². The average molecular weight is 322 g/mol. The molecule has 6 nitrogen and oxygen atoms in total. The Morgan fingerprint density at radius 2 is 2.10 bits per heavy atom. The molecule has 2 unspecified atom stereocenters. The Bertz CT molecular complexity index is 375. The summed E-state index contributed by atoms with van der Waals surface area (Å²) < 4.78 is 35.3. The minimum Gasteiger partial charge on any atom is -0.382 e. The fourth-order valence-corrected chi connectivity index (χ4v) is 3.72. The molecular weight excluding hydrogens is 292 g/mol. The van der Waals surface area contributed by atoms with Crippen molar-refractivity contribution < 1.29 is 17.9 Å². The molecule has 1 N–H and O–H groups in total. The van der Waals surface area contributed by atoms with Crippen LogP contribution in [0.2, 0.25) is 0 Å². The quantitative estimate of drug-likeness (QED) is 0.599. The van der Waals surface area contributed by atoms with Crippen LogP contribution in [0.25, 0.3) is 0 Å². The van der Waals surface area contributed by atoms with Crippen molar-refractivity contribution >= 4 is 10.0 Å². The first-order valence-corrected chi connectivity index (χ1v) is 9.51. The van der Waals surface area contributed by atoms with Gasteiger partial charge in [0.25, 0.3) is 0 Å². The number of hydrogen-bond donors (Lipinski definition) is 1. The molecular formula is C14H30N2O4S. The van der Waals surface area contributed by atoms with Crippen LogP contribution < -0.4 is 5.32 Å². The van der Waals surface area contributed by atoms with Gasteiger partial charge in [0.1, 0.15) is 0 Å². The van der Waals surface area contributed by atoms with Crippen LogP contribution in [0.15, 0.2) is 0 Å². The molecule has 1 fully saturated rings. The van der Waals surface area contributed by atoms with Gasteiger partial charge in [-0.1, -0.05) is 0 Å². The number of nitrogens with one attached hydrogen (secondary N) is 1. The van der Waals surface area contributed by atoms with Crippen molar-refractivity contribution in [2.75, 3.05) is 53.3 Å². The summed E-state index contributed by atoms with van der Waals surface area (Å²) >= 11 is 0. The molecule has 0 amide bonds. The zero-order valence-corrected chi connectivity index (χ0v) is 14.3. The Morgan fingerprint density at radius 1 is 1.33 bits per heavy atom. The summed E-state index contributed by atoms with van der Waals surface area (Å²) in [6.45, 7) is 3.27. The molecule has 1 saturated heterocycles. The highest BCUT2D eigenvalue weighted by Gasteiger charge is 2.27. The van der Waals surface area contributed by atoms with E-state index in [1.54, 1.807) is 11.4 Å². The van der Waals surface area contributed by atoms with Crippen LogP contribution in [-0.2, 0) is 19.5 Å². The minimum absolute atomic E-state index is 0.372. The van der Waals surface area contributed by atoms with E-state index in [1.807, 2.05) is 7.05 Å². The van der Waals surface area contributed by atoms with Gasteiger partial charge in [0, 0.05) is 32.8 Å². The van der Waals surface area contributed by atoms with Crippen molar-refractivity contribution in [1.29, 1.82) is 0 Å². The lowest BCUT2D eigenvalue weighted by atomic mass is 9.91. The van der Waals surface area contributed by atoms with E-state index in [1.165, 1.54) is 6.26 Å². The first-order valence-electron chi connectivity index (χ1n) is 7.66. The Labute approximate surface area is 129 Å². The summed E-state index contributed by atoms with van der Waals surface area (Å²) in [6, 6.07) is 0.372. The van der Waals surface area contributed by atoms with E-state index in [9.17, 15) is 8.42 Å². The highest BCUT2D eigenvalue weighted by molar-refractivity contribution is 7.88. The highest BCUT2D eigenvalue weighted by Crippen LogP contribution is 2.23. The molecule has 1 aliphatic rings. The molecule has 0 aliphatic carbocycles. The number of sulfonamides is 1. The van der Waals surface area contributed by atoms with Gasteiger partial charge in [0.05, 0.1) is 19.5 Å². The summed E-state index contributed by atoms with van der Waals surface area (Å²) in [5.41, 5.74) is 0. The highest BCUT2D eigenvalue weighted by atomic mass is 32.2. The Kier molecular flexibility index (Phi) is 8.73. The molecule has 0 aromatic heterocycles. The molecule has 126 valence electrons. The molecule has 1 rings (SSSR count). The van der Waals surface area contributed by atoms with Crippen LogP contribution in [0.4, 0.5) is 0 Å². The predicted octanol–water partition coefficient (Wildman–Crippen LogP) is 0.689. The van der Waals surface area contributed by atoms with Crippen molar-refractivity contribution in [2.45, 2.75) is 31.7 Å². The molecule has 1 heterocycles. The van der Waals surface area contributed by atoms with E-state index in [0.717, 1.165) is 25.7 Å². The third kappa shape index (κ3) is 7.56. The number of hydrogen-bond acceptors (Lipinski definition) is 5. The summed E-state index contributed by atoms with van der Waals surface area (Å²) in [6.07, 6.45) is 5.30. The standard InChI is InChI=1S/C14H30N2O4S/c1-15-14(6-8-20-10-9-19-2)11-13-5-4-7-16(12-13)21(3,17)18/h13-15H,4-12H2,1-3H3. The minimum atomic E-state index is -3.05. The topological polar surface area (TPSA) is 67.9 Å². The number of nitrogens with zero attached hydrogens (tertiary/aromatic N) is 1. The van der Waals surface area contributed by atoms with E-state index >= 15 is 0 Å². The molecule has 0 aromatic rings. The van der Waals surface area contributed by atoms with Crippen LogP contribution >= 0.6 is 0 Å². The molecule has 1 aliphatic heterocycles. The summed E-state index contributed by atoms with van der Waals surface area (Å²) in [5, 5.41) is 3.31. The van der Waals surface area contributed by atoms with E-state index in [0.29, 0.717) is 44.9 Å². The van der Waals surface area contributed by atoms with Crippen LogP contribution in [0, 0.1) is 5.92 Å². The zero-order chi connectivity index (χ0) is 15.7. The third-order valence-electron chi connectivity index (χ3n) is 4.02. The predicted molar refractivity (Wildman–Crippen MR) is 83.9 cm³/mol. The SMILES string of the molecule is CNC(CCOCCOC)CC1CCCN(S(C)(=O)=O)C1. The number of methoxy groups -OCH3 is 1.